The lowest BCUT2D eigenvalue weighted by molar-refractivity contribution is 0.468. The molecule has 0 amide bonds. The number of nitrogen functional groups attached to an aromatic ring is 1. The van der Waals surface area contributed by atoms with Crippen molar-refractivity contribution in [2.24, 2.45) is 5.92 Å². The van der Waals surface area contributed by atoms with Crippen LogP contribution in [0.25, 0.3) is 0 Å². The van der Waals surface area contributed by atoms with Crippen LogP contribution in [0.2, 0.25) is 0 Å². The van der Waals surface area contributed by atoms with Crippen molar-refractivity contribution in [3.8, 4) is 0 Å². The predicted molar refractivity (Wildman–Crippen MR) is 83.0 cm³/mol. The number of hydrogen-bond donors (Lipinski definition) is 2. The zero-order valence-electron chi connectivity index (χ0n) is 11.7. The van der Waals surface area contributed by atoms with E-state index in [1.54, 1.807) is 0 Å². The Bertz CT molecular complexity index is 713. The third kappa shape index (κ3) is 3.61. The van der Waals surface area contributed by atoms with Crippen LogP contribution in [0.15, 0.2) is 40.6 Å². The number of sulfonamides is 1. The lowest BCUT2D eigenvalue weighted by Gasteiger charge is -2.21. The second kappa shape index (κ2) is 6.13. The first-order valence-corrected chi connectivity index (χ1v) is 8.78. The van der Waals surface area contributed by atoms with Crippen molar-refractivity contribution in [2.75, 3.05) is 5.73 Å². The molecular weight excluding hydrogens is 311 g/mol. The normalized spacial score (nSPS) is 13.5. The van der Waals surface area contributed by atoms with E-state index in [0.717, 1.165) is 17.0 Å². The van der Waals surface area contributed by atoms with Crippen molar-refractivity contribution in [1.82, 2.24) is 4.72 Å². The van der Waals surface area contributed by atoms with E-state index >= 15 is 0 Å². The maximum atomic E-state index is 13.3. The number of nitrogens with one attached hydrogen (secondary N) is 1. The minimum Gasteiger partial charge on any atom is -0.398 e. The molecule has 21 heavy (non-hydrogen) atoms. The maximum Gasteiger partial charge on any atom is 0.243 e. The highest BCUT2D eigenvalue weighted by Crippen LogP contribution is 2.29. The molecule has 1 heterocycles. The van der Waals surface area contributed by atoms with Gasteiger partial charge in [0.15, 0.2) is 0 Å². The van der Waals surface area contributed by atoms with Crippen molar-refractivity contribution in [3.05, 3.63) is 46.4 Å². The second-order valence-electron chi connectivity index (χ2n) is 5.04. The van der Waals surface area contributed by atoms with Crippen LogP contribution in [-0.4, -0.2) is 8.42 Å². The lowest BCUT2D eigenvalue weighted by Crippen LogP contribution is -2.31. The fourth-order valence-corrected chi connectivity index (χ4v) is 4.49. The van der Waals surface area contributed by atoms with Gasteiger partial charge in [-0.2, -0.15) is 0 Å². The van der Waals surface area contributed by atoms with Gasteiger partial charge in [-0.15, -0.1) is 11.3 Å². The van der Waals surface area contributed by atoms with Crippen LogP contribution < -0.4 is 10.5 Å². The first-order chi connectivity index (χ1) is 9.81. The van der Waals surface area contributed by atoms with Gasteiger partial charge in [0.05, 0.1) is 11.7 Å². The summed E-state index contributed by atoms with van der Waals surface area (Å²) in [6.45, 7) is 3.84. The van der Waals surface area contributed by atoms with E-state index in [2.05, 4.69) is 4.72 Å². The van der Waals surface area contributed by atoms with Gasteiger partial charge in [0.1, 0.15) is 10.7 Å². The molecule has 0 spiro atoms. The molecule has 2 rings (SSSR count). The number of halogens is 1. The molecule has 3 N–H and O–H groups in total. The van der Waals surface area contributed by atoms with Gasteiger partial charge in [0.2, 0.25) is 10.0 Å². The molecule has 0 fully saturated rings. The Hall–Kier alpha value is -1.44. The first-order valence-electron chi connectivity index (χ1n) is 6.42. The summed E-state index contributed by atoms with van der Waals surface area (Å²) in [7, 11) is -3.89. The number of rotatable bonds is 5. The highest BCUT2D eigenvalue weighted by atomic mass is 32.2. The van der Waals surface area contributed by atoms with Crippen LogP contribution in [-0.2, 0) is 10.0 Å². The van der Waals surface area contributed by atoms with Crippen LogP contribution in [0.1, 0.15) is 24.8 Å². The molecule has 1 unspecified atom stereocenters. The maximum absolute atomic E-state index is 13.3. The third-order valence-corrected chi connectivity index (χ3v) is 5.52. The average Bonchev–Trinajstić information content (AvgIpc) is 2.92. The fourth-order valence-electron chi connectivity index (χ4n) is 1.96. The Morgan fingerprint density at radius 2 is 2.00 bits per heavy atom. The van der Waals surface area contributed by atoms with Gasteiger partial charge in [-0.3, -0.25) is 0 Å². The summed E-state index contributed by atoms with van der Waals surface area (Å²) in [5, 5.41) is 1.88. The summed E-state index contributed by atoms with van der Waals surface area (Å²) >= 11 is 1.47. The van der Waals surface area contributed by atoms with Crippen LogP contribution in [0.4, 0.5) is 10.1 Å². The molecule has 0 aliphatic rings. The van der Waals surface area contributed by atoms with Gasteiger partial charge in [0, 0.05) is 4.88 Å². The lowest BCUT2D eigenvalue weighted by atomic mass is 10.0. The predicted octanol–water partition coefficient (Wildman–Crippen LogP) is 3.15. The number of hydrogen-bond acceptors (Lipinski definition) is 4. The van der Waals surface area contributed by atoms with Crippen molar-refractivity contribution < 1.29 is 12.8 Å². The summed E-state index contributed by atoms with van der Waals surface area (Å²) in [4.78, 5) is 0.674. The van der Waals surface area contributed by atoms with Gasteiger partial charge in [0.25, 0.3) is 0 Å². The first kappa shape index (κ1) is 15.9. The number of benzene rings is 1. The molecule has 1 atom stereocenters. The highest BCUT2D eigenvalue weighted by Gasteiger charge is 2.26. The number of nitrogens with two attached hydrogens (primary N) is 1. The third-order valence-electron chi connectivity index (χ3n) is 3.06. The highest BCUT2D eigenvalue weighted by molar-refractivity contribution is 7.89. The van der Waals surface area contributed by atoms with E-state index in [0.29, 0.717) is 0 Å². The van der Waals surface area contributed by atoms with Crippen molar-refractivity contribution in [1.29, 1.82) is 0 Å². The monoisotopic (exact) mass is 328 g/mol. The topological polar surface area (TPSA) is 72.2 Å². The molecule has 1 aromatic heterocycles. The van der Waals surface area contributed by atoms with Crippen LogP contribution in [0.5, 0.6) is 0 Å². The Morgan fingerprint density at radius 1 is 1.29 bits per heavy atom. The smallest absolute Gasteiger partial charge is 0.243 e. The molecule has 0 aliphatic heterocycles. The van der Waals surface area contributed by atoms with Gasteiger partial charge in [-0.25, -0.2) is 17.5 Å². The van der Waals surface area contributed by atoms with Crippen LogP contribution in [0, 0.1) is 11.7 Å². The van der Waals surface area contributed by atoms with Gasteiger partial charge >= 0.3 is 0 Å². The molecule has 0 saturated heterocycles. The zero-order valence-corrected chi connectivity index (χ0v) is 13.3. The summed E-state index contributed by atoms with van der Waals surface area (Å²) < 4.78 is 40.8. The molecule has 4 nitrogen and oxygen atoms in total. The quantitative estimate of drug-likeness (QED) is 0.828. The van der Waals surface area contributed by atoms with E-state index in [-0.39, 0.29) is 22.5 Å². The molecule has 2 aromatic rings. The molecule has 1 aromatic carbocycles. The fraction of sp³-hybridized carbons (Fsp3) is 0.286. The van der Waals surface area contributed by atoms with Gasteiger partial charge in [-0.05, 0) is 35.6 Å². The Kier molecular flexibility index (Phi) is 4.65. The summed E-state index contributed by atoms with van der Waals surface area (Å²) in [6, 6.07) is 6.67. The summed E-state index contributed by atoms with van der Waals surface area (Å²) in [5.41, 5.74) is 5.69. The average molecular weight is 328 g/mol. The van der Waals surface area contributed by atoms with Crippen LogP contribution in [0.3, 0.4) is 0 Å². The molecule has 0 aliphatic carbocycles. The molecule has 0 radical (unpaired) electrons. The molecular formula is C14H17FN2O2S2. The van der Waals surface area contributed by atoms with Crippen molar-refractivity contribution >= 4 is 27.0 Å². The minimum absolute atomic E-state index is 0.0255. The van der Waals surface area contributed by atoms with Crippen molar-refractivity contribution in [3.63, 3.8) is 0 Å². The van der Waals surface area contributed by atoms with Gasteiger partial charge in [-0.1, -0.05) is 19.9 Å². The van der Waals surface area contributed by atoms with Gasteiger partial charge < -0.3 is 5.73 Å². The molecule has 0 bridgehead atoms. The van der Waals surface area contributed by atoms with Crippen LogP contribution >= 0.6 is 11.3 Å². The van der Waals surface area contributed by atoms with E-state index in [1.807, 2.05) is 31.4 Å². The summed E-state index contributed by atoms with van der Waals surface area (Å²) in [5.74, 6) is -0.588. The summed E-state index contributed by atoms with van der Waals surface area (Å²) in [6.07, 6.45) is 0. The molecule has 7 heteroatoms. The largest absolute Gasteiger partial charge is 0.398 e. The Labute approximate surface area is 127 Å². The standard InChI is InChI=1S/C14H17FN2O2S2/c1-9(2)14(12-4-3-7-20-12)17-21(18,19)13-8-10(15)5-6-11(13)16/h3-9,14,17H,16H2,1-2H3. The van der Waals surface area contributed by atoms with E-state index < -0.39 is 15.8 Å². The van der Waals surface area contributed by atoms with E-state index in [4.69, 9.17) is 5.73 Å². The minimum atomic E-state index is -3.89. The molecule has 114 valence electrons. The number of thiophene rings is 1. The zero-order chi connectivity index (χ0) is 15.6. The van der Waals surface area contributed by atoms with E-state index in [1.165, 1.54) is 17.4 Å². The Balaban J connectivity index is 2.37. The molecule has 0 saturated carbocycles. The van der Waals surface area contributed by atoms with E-state index in [9.17, 15) is 12.8 Å². The van der Waals surface area contributed by atoms with Crippen molar-refractivity contribution in [2.45, 2.75) is 24.8 Å². The SMILES string of the molecule is CC(C)C(NS(=O)(=O)c1cc(F)ccc1N)c1cccs1. The Morgan fingerprint density at radius 3 is 2.57 bits per heavy atom. The number of anilines is 1. The second-order valence-corrected chi connectivity index (χ2v) is 7.70.